The Morgan fingerprint density at radius 2 is 1.67 bits per heavy atom. The lowest BCUT2D eigenvalue weighted by molar-refractivity contribution is -0.192. The van der Waals surface area contributed by atoms with E-state index in [9.17, 15) is 32.3 Å². The van der Waals surface area contributed by atoms with Crippen LogP contribution < -0.4 is 10.2 Å². The third kappa shape index (κ3) is 8.03. The van der Waals surface area contributed by atoms with Gasteiger partial charge in [-0.25, -0.2) is 14.0 Å². The molecule has 0 fully saturated rings. The largest absolute Gasteiger partial charge is 0.490 e. The van der Waals surface area contributed by atoms with Crippen molar-refractivity contribution in [2.24, 2.45) is 0 Å². The second-order valence-electron chi connectivity index (χ2n) is 8.41. The SMILES string of the molecule is CCn1nc(C)c(CCN(C)c2ccc(NC(=O)c3ccccc3F)cc2C(=O)O)c1C.O=C(O)C(F)(F)F. The molecule has 0 radical (unpaired) electrons. The maximum atomic E-state index is 13.9. The van der Waals surface area contributed by atoms with Crippen molar-refractivity contribution in [2.45, 2.75) is 39.9 Å². The zero-order valence-corrected chi connectivity index (χ0v) is 21.6. The first kappa shape index (κ1) is 30.8. The van der Waals surface area contributed by atoms with E-state index >= 15 is 0 Å². The van der Waals surface area contributed by atoms with Crippen molar-refractivity contribution in [1.29, 1.82) is 0 Å². The van der Waals surface area contributed by atoms with Crippen LogP contribution in [0.5, 0.6) is 0 Å². The van der Waals surface area contributed by atoms with Crippen molar-refractivity contribution in [2.75, 3.05) is 23.8 Å². The molecule has 0 bridgehead atoms. The number of nitrogens with zero attached hydrogens (tertiary/aromatic N) is 3. The third-order valence-corrected chi connectivity index (χ3v) is 5.79. The molecule has 0 saturated heterocycles. The lowest BCUT2D eigenvalue weighted by Gasteiger charge is -2.22. The molecular weight excluding hydrogens is 524 g/mol. The van der Waals surface area contributed by atoms with Gasteiger partial charge in [-0.3, -0.25) is 9.48 Å². The molecule has 3 rings (SSSR count). The topological polar surface area (TPSA) is 125 Å². The molecule has 0 spiro atoms. The number of anilines is 2. The third-order valence-electron chi connectivity index (χ3n) is 5.79. The van der Waals surface area contributed by atoms with Crippen LogP contribution in [0.3, 0.4) is 0 Å². The van der Waals surface area contributed by atoms with Crippen molar-refractivity contribution < 1.29 is 42.2 Å². The minimum Gasteiger partial charge on any atom is -0.478 e. The summed E-state index contributed by atoms with van der Waals surface area (Å²) in [4.78, 5) is 35.0. The molecule has 0 saturated carbocycles. The quantitative estimate of drug-likeness (QED) is 0.339. The molecule has 3 N–H and O–H groups in total. The number of alkyl halides is 3. The summed E-state index contributed by atoms with van der Waals surface area (Å²) in [5.41, 5.74) is 4.00. The summed E-state index contributed by atoms with van der Waals surface area (Å²) in [6, 6.07) is 10.3. The number of nitrogens with one attached hydrogen (secondary N) is 1. The van der Waals surface area contributed by atoms with Gasteiger partial charge in [0.2, 0.25) is 0 Å². The van der Waals surface area contributed by atoms with E-state index in [-0.39, 0.29) is 16.8 Å². The van der Waals surface area contributed by atoms with Gasteiger partial charge in [-0.2, -0.15) is 18.3 Å². The molecule has 0 unspecified atom stereocenters. The van der Waals surface area contributed by atoms with Gasteiger partial charge in [0, 0.05) is 31.5 Å². The number of likely N-dealkylation sites (N-methyl/N-ethyl adjacent to an activating group) is 1. The van der Waals surface area contributed by atoms with Crippen molar-refractivity contribution in [3.8, 4) is 0 Å². The van der Waals surface area contributed by atoms with Crippen LogP contribution in [-0.4, -0.2) is 57.6 Å². The van der Waals surface area contributed by atoms with Crippen molar-refractivity contribution >= 4 is 29.2 Å². The molecule has 1 aromatic heterocycles. The number of carboxylic acids is 2. The minimum atomic E-state index is -5.08. The van der Waals surface area contributed by atoms with E-state index in [0.717, 1.165) is 29.9 Å². The van der Waals surface area contributed by atoms with Gasteiger partial charge >= 0.3 is 18.1 Å². The Hall–Kier alpha value is -4.42. The molecule has 0 atom stereocenters. The van der Waals surface area contributed by atoms with E-state index in [4.69, 9.17) is 9.90 Å². The van der Waals surface area contributed by atoms with Crippen LogP contribution in [-0.2, 0) is 17.8 Å². The summed E-state index contributed by atoms with van der Waals surface area (Å²) >= 11 is 0. The van der Waals surface area contributed by atoms with Crippen LogP contribution in [0.4, 0.5) is 28.9 Å². The van der Waals surface area contributed by atoms with Crippen LogP contribution in [0.2, 0.25) is 0 Å². The average Bonchev–Trinajstić information content (AvgIpc) is 3.14. The van der Waals surface area contributed by atoms with E-state index in [1.807, 2.05) is 37.4 Å². The van der Waals surface area contributed by atoms with Gasteiger partial charge in [-0.1, -0.05) is 12.1 Å². The highest BCUT2D eigenvalue weighted by atomic mass is 19.4. The fourth-order valence-electron chi connectivity index (χ4n) is 3.77. The number of hydrogen-bond acceptors (Lipinski definition) is 5. The first-order valence-electron chi connectivity index (χ1n) is 11.6. The van der Waals surface area contributed by atoms with Crippen LogP contribution in [0.25, 0.3) is 0 Å². The highest BCUT2D eigenvalue weighted by Crippen LogP contribution is 2.25. The highest BCUT2D eigenvalue weighted by molar-refractivity contribution is 6.05. The monoisotopic (exact) mass is 552 g/mol. The summed E-state index contributed by atoms with van der Waals surface area (Å²) < 4.78 is 47.6. The number of carbonyl (C=O) groups is 3. The number of carbonyl (C=O) groups excluding carboxylic acids is 1. The van der Waals surface area contributed by atoms with Crippen LogP contribution in [0, 0.1) is 19.7 Å². The number of aryl methyl sites for hydroxylation is 2. The lowest BCUT2D eigenvalue weighted by Crippen LogP contribution is -2.23. The average molecular weight is 553 g/mol. The number of benzene rings is 2. The normalized spacial score (nSPS) is 10.9. The number of aromatic nitrogens is 2. The Bertz CT molecular complexity index is 1350. The van der Waals surface area contributed by atoms with Crippen LogP contribution in [0.15, 0.2) is 42.5 Å². The Kier molecular flexibility index (Phi) is 10.2. The number of halogens is 4. The molecule has 0 aliphatic heterocycles. The van der Waals surface area contributed by atoms with Crippen molar-refractivity contribution in [3.05, 3.63) is 76.4 Å². The second kappa shape index (κ2) is 12.9. The first-order valence-corrected chi connectivity index (χ1v) is 11.6. The van der Waals surface area contributed by atoms with Crippen molar-refractivity contribution in [1.82, 2.24) is 9.78 Å². The molecule has 13 heteroatoms. The Labute approximate surface area is 221 Å². The van der Waals surface area contributed by atoms with Gasteiger partial charge < -0.3 is 20.4 Å². The smallest absolute Gasteiger partial charge is 0.478 e. The number of aliphatic carboxylic acids is 1. The molecule has 0 aliphatic rings. The van der Waals surface area contributed by atoms with Gasteiger partial charge in [0.15, 0.2) is 0 Å². The number of aromatic carboxylic acids is 1. The molecule has 39 heavy (non-hydrogen) atoms. The van der Waals surface area contributed by atoms with Crippen molar-refractivity contribution in [3.63, 3.8) is 0 Å². The molecule has 9 nitrogen and oxygen atoms in total. The molecular formula is C26H28F4N4O5. The molecule has 1 amide bonds. The summed E-state index contributed by atoms with van der Waals surface area (Å²) in [6.45, 7) is 7.45. The number of rotatable bonds is 8. The minimum absolute atomic E-state index is 0.0523. The fourth-order valence-corrected chi connectivity index (χ4v) is 3.77. The van der Waals surface area contributed by atoms with Crippen LogP contribution >= 0.6 is 0 Å². The molecule has 1 heterocycles. The predicted molar refractivity (Wildman–Crippen MR) is 136 cm³/mol. The Morgan fingerprint density at radius 3 is 2.18 bits per heavy atom. The number of hydrogen-bond donors (Lipinski definition) is 3. The van der Waals surface area contributed by atoms with E-state index in [1.165, 1.54) is 24.3 Å². The predicted octanol–water partition coefficient (Wildman–Crippen LogP) is 4.92. The van der Waals surface area contributed by atoms with Gasteiger partial charge in [0.05, 0.1) is 22.5 Å². The van der Waals surface area contributed by atoms with Gasteiger partial charge in [-0.15, -0.1) is 0 Å². The summed E-state index contributed by atoms with van der Waals surface area (Å²) in [5, 5.41) is 24.0. The second-order valence-corrected chi connectivity index (χ2v) is 8.41. The highest BCUT2D eigenvalue weighted by Gasteiger charge is 2.38. The zero-order valence-electron chi connectivity index (χ0n) is 21.6. The zero-order chi connectivity index (χ0) is 29.5. The van der Waals surface area contributed by atoms with E-state index in [0.29, 0.717) is 12.2 Å². The van der Waals surface area contributed by atoms with Gasteiger partial charge in [0.1, 0.15) is 5.82 Å². The summed E-state index contributed by atoms with van der Waals surface area (Å²) in [5.74, 6) is -5.15. The van der Waals surface area contributed by atoms with Gasteiger partial charge in [-0.05, 0) is 63.1 Å². The maximum Gasteiger partial charge on any atom is 0.490 e. The Balaban J connectivity index is 0.000000673. The van der Waals surface area contributed by atoms with E-state index in [1.54, 1.807) is 18.2 Å². The molecule has 210 valence electrons. The molecule has 0 aliphatic carbocycles. The summed E-state index contributed by atoms with van der Waals surface area (Å²) in [7, 11) is 1.83. The standard InChI is InChI=1S/C24H27FN4O3.C2HF3O2/c1-5-29-16(3)18(15(2)27-29)12-13-28(4)22-11-10-17(14-20(22)24(31)32)26-23(30)19-8-6-7-9-21(19)25;3-2(4,5)1(6)7/h6-11,14H,5,12-13H2,1-4H3,(H,26,30)(H,31,32);(H,6,7). The van der Waals surface area contributed by atoms with E-state index < -0.39 is 29.8 Å². The fraction of sp³-hybridized carbons (Fsp3) is 0.308. The summed E-state index contributed by atoms with van der Waals surface area (Å²) in [6.07, 6.45) is -4.36. The van der Waals surface area contributed by atoms with Gasteiger partial charge in [0.25, 0.3) is 5.91 Å². The maximum absolute atomic E-state index is 13.9. The first-order chi connectivity index (χ1) is 18.2. The lowest BCUT2D eigenvalue weighted by atomic mass is 10.1. The van der Waals surface area contributed by atoms with Crippen LogP contribution in [0.1, 0.15) is 44.6 Å². The Morgan fingerprint density at radius 1 is 1.05 bits per heavy atom. The van der Waals surface area contributed by atoms with E-state index in [2.05, 4.69) is 10.4 Å². The molecule has 3 aromatic rings. The molecule has 2 aromatic carbocycles. The number of carboxylic acid groups (broad SMARTS) is 2. The number of amides is 1.